The highest BCUT2D eigenvalue weighted by Crippen LogP contribution is 2.56. The smallest absolute Gasteiger partial charge is 0.306 e. The number of nitrogens with zero attached hydrogens (tertiary/aromatic N) is 1. The number of hydrazine groups is 1. The summed E-state index contributed by atoms with van der Waals surface area (Å²) in [6.07, 6.45) is 9.74. The molecule has 0 aromatic carbocycles. The van der Waals surface area contributed by atoms with E-state index in [1.165, 1.54) is 49.8 Å². The molecule has 2 N–H and O–H groups in total. The summed E-state index contributed by atoms with van der Waals surface area (Å²) >= 11 is 0. The first kappa shape index (κ1) is 20.0. The van der Waals surface area contributed by atoms with Gasteiger partial charge in [-0.15, -0.1) is 0 Å². The molecule has 5 rings (SSSR count). The number of methoxy groups -OCH3 is 1. The van der Waals surface area contributed by atoms with Crippen molar-refractivity contribution in [1.82, 2.24) is 15.8 Å². The average Bonchev–Trinajstić information content (AvgIpc) is 3.00. The van der Waals surface area contributed by atoms with Crippen LogP contribution < -0.4 is 10.7 Å². The molecule has 0 amide bonds. The predicted octanol–water partition coefficient (Wildman–Crippen LogP) is 3.74. The first-order valence-electron chi connectivity index (χ1n) is 11.3. The van der Waals surface area contributed by atoms with Crippen molar-refractivity contribution < 1.29 is 9.53 Å². The van der Waals surface area contributed by atoms with E-state index in [-0.39, 0.29) is 11.4 Å². The lowest BCUT2D eigenvalue weighted by atomic mass is 9.55. The SMILES string of the molecule is C/C=C1/NC2=C(CNN3C[C@H]4CC(CC)C3C(CC(=O)OC)(C2)C4)C1CCC. The molecular formula is C23H37N3O2. The van der Waals surface area contributed by atoms with E-state index >= 15 is 0 Å². The molecule has 28 heavy (non-hydrogen) atoms. The molecule has 2 saturated heterocycles. The number of fused-ring (bicyclic) bond motifs is 1. The molecule has 0 spiro atoms. The lowest BCUT2D eigenvalue weighted by Crippen LogP contribution is -2.67. The van der Waals surface area contributed by atoms with Crippen molar-refractivity contribution in [2.45, 2.75) is 71.8 Å². The summed E-state index contributed by atoms with van der Waals surface area (Å²) in [5, 5.41) is 6.31. The number of carbonyl (C=O) groups excluding carboxylic acids is 1. The maximum atomic E-state index is 12.5. The van der Waals surface area contributed by atoms with Crippen molar-refractivity contribution in [3.05, 3.63) is 23.0 Å². The fourth-order valence-corrected chi connectivity index (χ4v) is 6.84. The van der Waals surface area contributed by atoms with Crippen molar-refractivity contribution in [2.24, 2.45) is 23.2 Å². The van der Waals surface area contributed by atoms with Crippen molar-refractivity contribution >= 4 is 5.97 Å². The Balaban J connectivity index is 1.75. The molecule has 0 radical (unpaired) electrons. The van der Waals surface area contributed by atoms with Gasteiger partial charge in [-0.2, -0.15) is 0 Å². The molecule has 6 atom stereocenters. The molecule has 0 aromatic heterocycles. The van der Waals surface area contributed by atoms with Crippen molar-refractivity contribution in [2.75, 3.05) is 20.2 Å². The van der Waals surface area contributed by atoms with Crippen LogP contribution in [0.4, 0.5) is 0 Å². The van der Waals surface area contributed by atoms with Gasteiger partial charge in [0, 0.05) is 41.9 Å². The number of hydrogen-bond donors (Lipinski definition) is 2. The quantitative estimate of drug-likeness (QED) is 0.704. The predicted molar refractivity (Wildman–Crippen MR) is 111 cm³/mol. The Kier molecular flexibility index (Phi) is 5.58. The van der Waals surface area contributed by atoms with Crippen molar-refractivity contribution in [3.63, 3.8) is 0 Å². The van der Waals surface area contributed by atoms with E-state index in [4.69, 9.17) is 4.74 Å². The van der Waals surface area contributed by atoms with Crippen LogP contribution in [0.3, 0.4) is 0 Å². The summed E-state index contributed by atoms with van der Waals surface area (Å²) in [6.45, 7) is 8.77. The number of piperidine rings is 2. The molecule has 156 valence electrons. The fraction of sp³-hybridized carbons (Fsp3) is 0.783. The van der Waals surface area contributed by atoms with Gasteiger partial charge in [0.15, 0.2) is 0 Å². The van der Waals surface area contributed by atoms with E-state index in [9.17, 15) is 4.79 Å². The molecule has 5 unspecified atom stereocenters. The second-order valence-corrected chi connectivity index (χ2v) is 9.41. The average molecular weight is 388 g/mol. The number of ether oxygens (including phenoxy) is 1. The lowest BCUT2D eigenvalue weighted by Gasteiger charge is -2.61. The van der Waals surface area contributed by atoms with E-state index in [2.05, 4.69) is 42.6 Å². The molecule has 4 aliphatic heterocycles. The van der Waals surface area contributed by atoms with Crippen LogP contribution in [-0.4, -0.2) is 37.2 Å². The zero-order valence-corrected chi connectivity index (χ0v) is 18.0. The van der Waals surface area contributed by atoms with Crippen LogP contribution in [0, 0.1) is 23.2 Å². The van der Waals surface area contributed by atoms with Gasteiger partial charge in [-0.05, 0) is 50.0 Å². The van der Waals surface area contributed by atoms with Crippen LogP contribution in [0.1, 0.15) is 65.7 Å². The summed E-state index contributed by atoms with van der Waals surface area (Å²) < 4.78 is 5.18. The zero-order valence-electron chi connectivity index (χ0n) is 18.0. The molecule has 4 bridgehead atoms. The van der Waals surface area contributed by atoms with Crippen LogP contribution >= 0.6 is 0 Å². The molecular weight excluding hydrogens is 350 g/mol. The molecule has 5 heteroatoms. The third-order valence-corrected chi connectivity index (χ3v) is 7.81. The Morgan fingerprint density at radius 1 is 1.39 bits per heavy atom. The highest BCUT2D eigenvalue weighted by atomic mass is 16.5. The van der Waals surface area contributed by atoms with Crippen LogP contribution in [0.5, 0.6) is 0 Å². The molecule has 5 nitrogen and oxygen atoms in total. The fourth-order valence-electron chi connectivity index (χ4n) is 6.84. The number of allylic oxidation sites excluding steroid dienone is 3. The van der Waals surface area contributed by atoms with Gasteiger partial charge >= 0.3 is 5.97 Å². The Hall–Kier alpha value is -1.33. The summed E-state index contributed by atoms with van der Waals surface area (Å²) in [5.41, 5.74) is 8.04. The van der Waals surface area contributed by atoms with Crippen LogP contribution in [0.25, 0.3) is 0 Å². The van der Waals surface area contributed by atoms with Gasteiger partial charge in [-0.25, -0.2) is 5.01 Å². The number of rotatable bonds is 5. The molecule has 0 aromatic rings. The van der Waals surface area contributed by atoms with Gasteiger partial charge in [-0.3, -0.25) is 10.2 Å². The van der Waals surface area contributed by atoms with Gasteiger partial charge < -0.3 is 10.1 Å². The largest absolute Gasteiger partial charge is 0.469 e. The normalized spacial score (nSPS) is 40.7. The first-order valence-corrected chi connectivity index (χ1v) is 11.3. The van der Waals surface area contributed by atoms with Gasteiger partial charge in [0.2, 0.25) is 0 Å². The highest BCUT2D eigenvalue weighted by Gasteiger charge is 2.57. The zero-order chi connectivity index (χ0) is 19.9. The molecule has 1 aliphatic carbocycles. The summed E-state index contributed by atoms with van der Waals surface area (Å²) in [5.74, 6) is 1.76. The molecule has 5 aliphatic rings. The lowest BCUT2D eigenvalue weighted by molar-refractivity contribution is -0.159. The van der Waals surface area contributed by atoms with E-state index in [0.717, 1.165) is 25.9 Å². The van der Waals surface area contributed by atoms with E-state index in [0.29, 0.717) is 30.2 Å². The number of hydrogen-bond acceptors (Lipinski definition) is 5. The minimum Gasteiger partial charge on any atom is -0.469 e. The first-order chi connectivity index (χ1) is 13.5. The van der Waals surface area contributed by atoms with Crippen molar-refractivity contribution in [1.29, 1.82) is 0 Å². The number of carbonyl (C=O) groups is 1. The van der Waals surface area contributed by atoms with Gasteiger partial charge in [0.1, 0.15) is 0 Å². The van der Waals surface area contributed by atoms with Gasteiger partial charge in [0.05, 0.1) is 13.5 Å². The third-order valence-electron chi connectivity index (χ3n) is 7.81. The van der Waals surface area contributed by atoms with Crippen LogP contribution in [0.15, 0.2) is 23.0 Å². The summed E-state index contributed by atoms with van der Waals surface area (Å²) in [6, 6.07) is 0.414. The highest BCUT2D eigenvalue weighted by molar-refractivity contribution is 5.70. The Bertz CT molecular complexity index is 685. The maximum absolute atomic E-state index is 12.5. The number of esters is 1. The summed E-state index contributed by atoms with van der Waals surface area (Å²) in [7, 11) is 1.53. The van der Waals surface area contributed by atoms with E-state index in [1.807, 2.05) is 0 Å². The van der Waals surface area contributed by atoms with Crippen LogP contribution in [-0.2, 0) is 9.53 Å². The van der Waals surface area contributed by atoms with Gasteiger partial charge in [-0.1, -0.05) is 32.8 Å². The Labute approximate surface area is 169 Å². The van der Waals surface area contributed by atoms with Crippen LogP contribution in [0.2, 0.25) is 0 Å². The minimum atomic E-state index is -0.0561. The van der Waals surface area contributed by atoms with E-state index in [1.54, 1.807) is 0 Å². The monoisotopic (exact) mass is 387 g/mol. The van der Waals surface area contributed by atoms with Gasteiger partial charge in [0.25, 0.3) is 0 Å². The van der Waals surface area contributed by atoms with Crippen molar-refractivity contribution in [3.8, 4) is 0 Å². The second-order valence-electron chi connectivity index (χ2n) is 9.41. The standard InChI is InChI=1S/C23H37N3O2/c1-5-8-17-18-13-24-26-14-15-9-16(6-2)22(26)23(10-15,12-21(27)28-4)11-20(18)25-19(17)7-3/h7,15-17,22,24-25H,5-6,8-14H2,1-4H3/b19-7+/t15-,16?,17?,22?,23?/m0/s1. The van der Waals surface area contributed by atoms with E-state index < -0.39 is 0 Å². The molecule has 3 fully saturated rings. The minimum absolute atomic E-state index is 0.0318. The maximum Gasteiger partial charge on any atom is 0.306 e. The second kappa shape index (κ2) is 7.83. The molecule has 1 saturated carbocycles. The Morgan fingerprint density at radius 3 is 2.89 bits per heavy atom. The number of nitrogens with one attached hydrogen (secondary N) is 2. The summed E-state index contributed by atoms with van der Waals surface area (Å²) in [4.78, 5) is 12.5. The topological polar surface area (TPSA) is 53.6 Å². The molecule has 4 heterocycles. The Morgan fingerprint density at radius 2 is 2.21 bits per heavy atom. The third kappa shape index (κ3) is 3.21.